The van der Waals surface area contributed by atoms with E-state index in [4.69, 9.17) is 16.4 Å². The van der Waals surface area contributed by atoms with Crippen molar-refractivity contribution < 1.29 is 19.4 Å². The van der Waals surface area contributed by atoms with Crippen molar-refractivity contribution in [2.24, 2.45) is 0 Å². The summed E-state index contributed by atoms with van der Waals surface area (Å²) in [6.07, 6.45) is 1.44. The first kappa shape index (κ1) is 13.7. The van der Waals surface area contributed by atoms with Crippen LogP contribution in [0.4, 0.5) is 0 Å². The Morgan fingerprint density at radius 2 is 2.11 bits per heavy atom. The summed E-state index contributed by atoms with van der Waals surface area (Å²) in [7, 11) is 1.23. The van der Waals surface area contributed by atoms with Crippen LogP contribution in [0.1, 0.15) is 5.56 Å². The van der Waals surface area contributed by atoms with Crippen LogP contribution in [0.15, 0.2) is 30.0 Å². The molecule has 0 atom stereocenters. The number of hydrogen-bond donors (Lipinski definition) is 1. The van der Waals surface area contributed by atoms with Crippen LogP contribution in [0, 0.1) is 6.57 Å². The smallest absolute Gasteiger partial charge is 0.336 e. The molecule has 0 fully saturated rings. The molecule has 5 nitrogen and oxygen atoms in total. The molecular weight excluding hydrogens is 234 g/mol. The van der Waals surface area contributed by atoms with E-state index in [1.54, 1.807) is 24.3 Å². The van der Waals surface area contributed by atoms with Crippen molar-refractivity contribution in [2.75, 3.05) is 20.3 Å². The molecule has 94 valence electrons. The zero-order chi connectivity index (χ0) is 13.4. The minimum atomic E-state index is -0.661. The molecule has 0 amide bonds. The molecule has 1 aromatic carbocycles. The third kappa shape index (κ3) is 3.92. The molecule has 5 heteroatoms. The number of rotatable bonds is 5. The Bertz CT molecular complexity index is 471. The van der Waals surface area contributed by atoms with Gasteiger partial charge in [-0.05, 0) is 23.8 Å². The first-order chi connectivity index (χ1) is 8.71. The van der Waals surface area contributed by atoms with E-state index < -0.39 is 5.97 Å². The molecule has 0 aliphatic carbocycles. The van der Waals surface area contributed by atoms with E-state index in [-0.39, 0.29) is 18.9 Å². The van der Waals surface area contributed by atoms with E-state index >= 15 is 0 Å². The van der Waals surface area contributed by atoms with Crippen molar-refractivity contribution in [2.45, 2.75) is 0 Å². The Morgan fingerprint density at radius 1 is 1.44 bits per heavy atom. The summed E-state index contributed by atoms with van der Waals surface area (Å²) in [5, 5.41) is 8.60. The normalized spacial score (nSPS) is 10.6. The van der Waals surface area contributed by atoms with Crippen LogP contribution in [-0.2, 0) is 9.53 Å². The summed E-state index contributed by atoms with van der Waals surface area (Å²) in [5.74, 6) is -0.0470. The van der Waals surface area contributed by atoms with Crippen molar-refractivity contribution in [1.82, 2.24) is 0 Å². The van der Waals surface area contributed by atoms with E-state index in [1.807, 2.05) is 0 Å². The van der Waals surface area contributed by atoms with Crippen LogP contribution in [-0.4, -0.2) is 31.4 Å². The number of esters is 1. The fourth-order valence-corrected chi connectivity index (χ4v) is 1.22. The highest BCUT2D eigenvalue weighted by atomic mass is 16.5. The van der Waals surface area contributed by atoms with Crippen molar-refractivity contribution >= 4 is 12.0 Å². The number of carbonyl (C=O) groups excluding carboxylic acids is 1. The topological polar surface area (TPSA) is 60.1 Å². The van der Waals surface area contributed by atoms with Gasteiger partial charge in [0.2, 0.25) is 0 Å². The zero-order valence-electron chi connectivity index (χ0n) is 9.92. The zero-order valence-corrected chi connectivity index (χ0v) is 9.92. The molecule has 0 unspecified atom stereocenters. The second kappa shape index (κ2) is 7.09. The number of benzene rings is 1. The van der Waals surface area contributed by atoms with Crippen molar-refractivity contribution in [3.63, 3.8) is 0 Å². The molecule has 18 heavy (non-hydrogen) atoms. The fourth-order valence-electron chi connectivity index (χ4n) is 1.22. The van der Waals surface area contributed by atoms with Gasteiger partial charge in [-0.15, -0.1) is 0 Å². The fraction of sp³-hybridized carbons (Fsp3) is 0.231. The van der Waals surface area contributed by atoms with Crippen molar-refractivity contribution in [3.8, 4) is 5.75 Å². The molecule has 0 aliphatic heterocycles. The first-order valence-corrected chi connectivity index (χ1v) is 5.22. The summed E-state index contributed by atoms with van der Waals surface area (Å²) in [6, 6.07) is 6.81. The van der Waals surface area contributed by atoms with Crippen molar-refractivity contribution in [3.05, 3.63) is 46.9 Å². The predicted molar refractivity (Wildman–Crippen MR) is 65.6 cm³/mol. The summed E-state index contributed by atoms with van der Waals surface area (Å²) in [4.78, 5) is 14.3. The number of methoxy groups -OCH3 is 1. The number of nitrogens with zero attached hydrogens (tertiary/aromatic N) is 1. The summed E-state index contributed by atoms with van der Waals surface area (Å²) in [5.41, 5.74) is 0.615. The summed E-state index contributed by atoms with van der Waals surface area (Å²) < 4.78 is 9.67. The van der Waals surface area contributed by atoms with Crippen LogP contribution in [0.3, 0.4) is 0 Å². The minimum Gasteiger partial charge on any atom is -0.491 e. The Hall–Kier alpha value is -2.32. The van der Waals surface area contributed by atoms with Gasteiger partial charge in [0, 0.05) is 0 Å². The lowest BCUT2D eigenvalue weighted by Crippen LogP contribution is -2.02. The average molecular weight is 247 g/mol. The maximum absolute atomic E-state index is 11.2. The number of carbonyl (C=O) groups is 1. The van der Waals surface area contributed by atoms with Crippen molar-refractivity contribution in [1.29, 1.82) is 0 Å². The van der Waals surface area contributed by atoms with E-state index in [2.05, 4.69) is 9.58 Å². The van der Waals surface area contributed by atoms with E-state index in [0.29, 0.717) is 11.3 Å². The molecule has 0 radical (unpaired) electrons. The Morgan fingerprint density at radius 3 is 2.61 bits per heavy atom. The van der Waals surface area contributed by atoms with E-state index in [9.17, 15) is 4.79 Å². The van der Waals surface area contributed by atoms with Gasteiger partial charge in [0.05, 0.1) is 20.3 Å². The van der Waals surface area contributed by atoms with Gasteiger partial charge in [0.1, 0.15) is 12.4 Å². The molecule has 1 N–H and O–H groups in total. The highest BCUT2D eigenvalue weighted by molar-refractivity contribution is 5.95. The lowest BCUT2D eigenvalue weighted by molar-refractivity contribution is -0.135. The largest absolute Gasteiger partial charge is 0.491 e. The second-order valence-electron chi connectivity index (χ2n) is 3.27. The van der Waals surface area contributed by atoms with Gasteiger partial charge < -0.3 is 14.6 Å². The molecular formula is C13H13NO4. The number of aliphatic hydroxyl groups excluding tert-OH is 1. The van der Waals surface area contributed by atoms with E-state index in [0.717, 1.165) is 0 Å². The van der Waals surface area contributed by atoms with Gasteiger partial charge in [-0.2, -0.15) is 0 Å². The maximum atomic E-state index is 11.2. The molecule has 0 spiro atoms. The molecule has 0 aromatic heterocycles. The third-order valence-corrected chi connectivity index (χ3v) is 2.06. The number of aliphatic hydroxyl groups is 1. The molecule has 0 aliphatic rings. The van der Waals surface area contributed by atoms with Crippen LogP contribution in [0.2, 0.25) is 0 Å². The SMILES string of the molecule is [C-]#[N+]C(=Cc1ccc(OCCO)cc1)C(=O)OC. The van der Waals surface area contributed by atoms with Gasteiger partial charge in [-0.1, -0.05) is 12.1 Å². The Labute approximate surface area is 105 Å². The van der Waals surface area contributed by atoms with Gasteiger partial charge in [0.25, 0.3) is 5.70 Å². The first-order valence-electron chi connectivity index (χ1n) is 5.22. The molecule has 0 heterocycles. The monoisotopic (exact) mass is 247 g/mol. The summed E-state index contributed by atoms with van der Waals surface area (Å²) in [6.45, 7) is 7.06. The molecule has 0 saturated heterocycles. The average Bonchev–Trinajstić information content (AvgIpc) is 2.43. The van der Waals surface area contributed by atoms with Gasteiger partial charge in [-0.25, -0.2) is 4.85 Å². The predicted octanol–water partition coefficient (Wildman–Crippen LogP) is 1.49. The third-order valence-electron chi connectivity index (χ3n) is 2.06. The highest BCUT2D eigenvalue weighted by Crippen LogP contribution is 2.15. The van der Waals surface area contributed by atoms with Crippen LogP contribution in [0.5, 0.6) is 5.75 Å². The molecule has 0 bridgehead atoms. The highest BCUT2D eigenvalue weighted by Gasteiger charge is 2.08. The maximum Gasteiger partial charge on any atom is 0.336 e. The van der Waals surface area contributed by atoms with Gasteiger partial charge in [0.15, 0.2) is 0 Å². The van der Waals surface area contributed by atoms with Crippen LogP contribution < -0.4 is 4.74 Å². The molecule has 0 saturated carbocycles. The van der Waals surface area contributed by atoms with Crippen LogP contribution >= 0.6 is 0 Å². The standard InChI is InChI=1S/C13H13NO4/c1-14-12(13(16)17-2)9-10-3-5-11(6-4-10)18-8-7-15/h3-6,9,15H,7-8H2,2H3. The number of ether oxygens (including phenoxy) is 2. The molecule has 1 aromatic rings. The lowest BCUT2D eigenvalue weighted by Gasteiger charge is -2.04. The quantitative estimate of drug-likeness (QED) is 0.486. The minimum absolute atomic E-state index is 0.0497. The number of hydrogen-bond acceptors (Lipinski definition) is 4. The Kier molecular flexibility index (Phi) is 5.42. The Balaban J connectivity index is 2.82. The van der Waals surface area contributed by atoms with E-state index in [1.165, 1.54) is 13.2 Å². The van der Waals surface area contributed by atoms with Gasteiger partial charge in [-0.3, -0.25) is 4.79 Å². The van der Waals surface area contributed by atoms with Crippen LogP contribution in [0.25, 0.3) is 10.9 Å². The lowest BCUT2D eigenvalue weighted by atomic mass is 10.2. The second-order valence-corrected chi connectivity index (χ2v) is 3.27. The van der Waals surface area contributed by atoms with Gasteiger partial charge >= 0.3 is 5.97 Å². The molecule has 1 rings (SSSR count). The summed E-state index contributed by atoms with van der Waals surface area (Å²) >= 11 is 0.